The van der Waals surface area contributed by atoms with Crippen molar-refractivity contribution in [3.05, 3.63) is 47.3 Å². The number of carbonyl (C=O) groups excluding carboxylic acids is 1. The number of nitrogens with one attached hydrogen (secondary N) is 2. The average Bonchev–Trinajstić information content (AvgIpc) is 3.07. The Morgan fingerprint density at radius 3 is 2.54 bits per heavy atom. The monoisotopic (exact) mass is 364 g/mol. The minimum absolute atomic E-state index is 0.0433. The third-order valence-corrected chi connectivity index (χ3v) is 4.26. The van der Waals surface area contributed by atoms with E-state index in [1.807, 2.05) is 0 Å². The van der Waals surface area contributed by atoms with E-state index in [1.54, 1.807) is 6.92 Å². The van der Waals surface area contributed by atoms with Crippen molar-refractivity contribution in [2.75, 3.05) is 5.32 Å². The van der Waals surface area contributed by atoms with Gasteiger partial charge in [-0.1, -0.05) is 25.0 Å². The Labute approximate surface area is 149 Å². The van der Waals surface area contributed by atoms with Crippen molar-refractivity contribution in [1.29, 1.82) is 0 Å². The van der Waals surface area contributed by atoms with Gasteiger partial charge in [-0.2, -0.15) is 13.2 Å². The number of aromatic nitrogens is 2. The molecular formula is C18H19F3N4O. The predicted molar refractivity (Wildman–Crippen MR) is 91.2 cm³/mol. The number of anilines is 2. The van der Waals surface area contributed by atoms with Crippen LogP contribution < -0.4 is 10.6 Å². The fraction of sp³-hybridized carbons (Fsp3) is 0.389. The highest BCUT2D eigenvalue weighted by molar-refractivity contribution is 5.93. The summed E-state index contributed by atoms with van der Waals surface area (Å²) in [4.78, 5) is 20.6. The molecule has 0 spiro atoms. The average molecular weight is 364 g/mol. The molecule has 26 heavy (non-hydrogen) atoms. The number of nitrogens with zero attached hydrogens (tertiary/aromatic N) is 2. The van der Waals surface area contributed by atoms with Crippen molar-refractivity contribution in [1.82, 2.24) is 15.3 Å². The molecular weight excluding hydrogens is 345 g/mol. The number of halogens is 3. The van der Waals surface area contributed by atoms with Crippen LogP contribution in [0.25, 0.3) is 0 Å². The Morgan fingerprint density at radius 1 is 1.15 bits per heavy atom. The maximum atomic E-state index is 13.1. The number of hydrogen-bond donors (Lipinski definition) is 2. The minimum Gasteiger partial charge on any atom is -0.348 e. The van der Waals surface area contributed by atoms with Gasteiger partial charge < -0.3 is 10.6 Å². The highest BCUT2D eigenvalue weighted by Gasteiger charge is 2.33. The second-order valence-corrected chi connectivity index (χ2v) is 6.34. The molecule has 1 fully saturated rings. The van der Waals surface area contributed by atoms with E-state index >= 15 is 0 Å². The lowest BCUT2D eigenvalue weighted by atomic mass is 10.1. The fourth-order valence-electron chi connectivity index (χ4n) is 3.03. The van der Waals surface area contributed by atoms with Crippen molar-refractivity contribution in [3.63, 3.8) is 0 Å². The zero-order chi connectivity index (χ0) is 18.7. The summed E-state index contributed by atoms with van der Waals surface area (Å²) >= 11 is 0. The molecule has 3 rings (SSSR count). The van der Waals surface area contributed by atoms with E-state index in [-0.39, 0.29) is 29.3 Å². The molecule has 1 heterocycles. The van der Waals surface area contributed by atoms with Crippen molar-refractivity contribution < 1.29 is 18.0 Å². The number of hydrogen-bond acceptors (Lipinski definition) is 4. The molecule has 0 bridgehead atoms. The van der Waals surface area contributed by atoms with Crippen LogP contribution in [-0.4, -0.2) is 21.9 Å². The van der Waals surface area contributed by atoms with Gasteiger partial charge in [0.1, 0.15) is 5.69 Å². The molecule has 1 aromatic carbocycles. The molecule has 0 aliphatic heterocycles. The maximum Gasteiger partial charge on any atom is 0.418 e. The lowest BCUT2D eigenvalue weighted by Gasteiger charge is -2.15. The molecule has 2 aromatic rings. The molecule has 1 aliphatic carbocycles. The summed E-state index contributed by atoms with van der Waals surface area (Å²) in [7, 11) is 0. The smallest absolute Gasteiger partial charge is 0.348 e. The maximum absolute atomic E-state index is 13.1. The Morgan fingerprint density at radius 2 is 1.85 bits per heavy atom. The van der Waals surface area contributed by atoms with Crippen molar-refractivity contribution in [2.45, 2.75) is 44.8 Å². The van der Waals surface area contributed by atoms with E-state index in [0.717, 1.165) is 31.7 Å². The SMILES string of the molecule is Cc1cc(C(=O)NC2CCCC2)nc(Nc2ccccc2C(F)(F)F)n1. The number of alkyl halides is 3. The second-order valence-electron chi connectivity index (χ2n) is 6.34. The number of para-hydroxylation sites is 1. The third kappa shape index (κ3) is 4.30. The fourth-order valence-corrected chi connectivity index (χ4v) is 3.03. The molecule has 0 saturated heterocycles. The summed E-state index contributed by atoms with van der Waals surface area (Å²) in [5.74, 6) is -0.382. The first kappa shape index (κ1) is 18.2. The van der Waals surface area contributed by atoms with Gasteiger partial charge in [0.05, 0.1) is 11.3 Å². The normalized spacial score (nSPS) is 15.1. The highest BCUT2D eigenvalue weighted by atomic mass is 19.4. The van der Waals surface area contributed by atoms with Crippen LogP contribution >= 0.6 is 0 Å². The largest absolute Gasteiger partial charge is 0.418 e. The zero-order valence-corrected chi connectivity index (χ0v) is 14.2. The predicted octanol–water partition coefficient (Wildman–Crippen LogP) is 4.22. The molecule has 1 saturated carbocycles. The lowest BCUT2D eigenvalue weighted by molar-refractivity contribution is -0.136. The zero-order valence-electron chi connectivity index (χ0n) is 14.2. The summed E-state index contributed by atoms with van der Waals surface area (Å²) in [6.45, 7) is 1.66. The van der Waals surface area contributed by atoms with Gasteiger partial charge in [-0.15, -0.1) is 0 Å². The molecule has 138 valence electrons. The summed E-state index contributed by atoms with van der Waals surface area (Å²) in [6, 6.07) is 6.72. The standard InChI is InChI=1S/C18H19F3N4O/c1-11-10-15(16(26)23-12-6-2-3-7-12)25-17(22-11)24-14-9-5-4-8-13(14)18(19,20)21/h4-5,8-10,12H,2-3,6-7H2,1H3,(H,23,26)(H,22,24,25). The third-order valence-electron chi connectivity index (χ3n) is 4.26. The van der Waals surface area contributed by atoms with E-state index in [0.29, 0.717) is 5.69 Å². The summed E-state index contributed by atoms with van der Waals surface area (Å²) in [5.41, 5.74) is -0.352. The van der Waals surface area contributed by atoms with Gasteiger partial charge in [-0.05, 0) is 38.0 Å². The van der Waals surface area contributed by atoms with Crippen LogP contribution in [0.5, 0.6) is 0 Å². The van der Waals surface area contributed by atoms with E-state index < -0.39 is 11.7 Å². The number of amides is 1. The van der Waals surface area contributed by atoms with Crippen molar-refractivity contribution >= 4 is 17.5 Å². The number of benzene rings is 1. The number of rotatable bonds is 4. The molecule has 0 unspecified atom stereocenters. The molecule has 8 heteroatoms. The van der Waals surface area contributed by atoms with Gasteiger partial charge in [-0.25, -0.2) is 9.97 Å². The number of carbonyl (C=O) groups is 1. The Bertz CT molecular complexity index is 801. The van der Waals surface area contributed by atoms with E-state index in [1.165, 1.54) is 24.3 Å². The van der Waals surface area contributed by atoms with Gasteiger partial charge in [0, 0.05) is 11.7 Å². The first-order chi connectivity index (χ1) is 12.3. The van der Waals surface area contributed by atoms with Crippen LogP contribution in [0.2, 0.25) is 0 Å². The van der Waals surface area contributed by atoms with E-state index in [9.17, 15) is 18.0 Å². The quantitative estimate of drug-likeness (QED) is 0.852. The lowest BCUT2D eigenvalue weighted by Crippen LogP contribution is -2.33. The van der Waals surface area contributed by atoms with Crippen molar-refractivity contribution in [3.8, 4) is 0 Å². The van der Waals surface area contributed by atoms with Gasteiger partial charge >= 0.3 is 6.18 Å². The second kappa shape index (κ2) is 7.31. The molecule has 1 aliphatic rings. The van der Waals surface area contributed by atoms with E-state index in [2.05, 4.69) is 20.6 Å². The highest BCUT2D eigenvalue weighted by Crippen LogP contribution is 2.35. The van der Waals surface area contributed by atoms with Crippen LogP contribution in [0.3, 0.4) is 0 Å². The van der Waals surface area contributed by atoms with Crippen LogP contribution in [-0.2, 0) is 6.18 Å². The van der Waals surface area contributed by atoms with Crippen LogP contribution in [0.15, 0.2) is 30.3 Å². The molecule has 1 aromatic heterocycles. The Hall–Kier alpha value is -2.64. The van der Waals surface area contributed by atoms with Gasteiger partial charge in [0.25, 0.3) is 5.91 Å². The Balaban J connectivity index is 1.83. The molecule has 5 nitrogen and oxygen atoms in total. The van der Waals surface area contributed by atoms with Crippen LogP contribution in [0.4, 0.5) is 24.8 Å². The van der Waals surface area contributed by atoms with Gasteiger partial charge in [0.2, 0.25) is 5.95 Å². The number of aryl methyl sites for hydroxylation is 1. The minimum atomic E-state index is -4.50. The first-order valence-corrected chi connectivity index (χ1v) is 8.43. The summed E-state index contributed by atoms with van der Waals surface area (Å²) in [5, 5.41) is 5.50. The molecule has 0 radical (unpaired) electrons. The molecule has 0 atom stereocenters. The summed E-state index contributed by atoms with van der Waals surface area (Å²) < 4.78 is 39.4. The van der Waals surface area contributed by atoms with Crippen LogP contribution in [0.1, 0.15) is 47.4 Å². The van der Waals surface area contributed by atoms with Crippen LogP contribution in [0, 0.1) is 6.92 Å². The summed E-state index contributed by atoms with van der Waals surface area (Å²) in [6.07, 6.45) is -0.487. The Kier molecular flexibility index (Phi) is 5.11. The van der Waals surface area contributed by atoms with Gasteiger partial charge in [0.15, 0.2) is 0 Å². The van der Waals surface area contributed by atoms with Gasteiger partial charge in [-0.3, -0.25) is 4.79 Å². The molecule has 2 N–H and O–H groups in total. The first-order valence-electron chi connectivity index (χ1n) is 8.43. The topological polar surface area (TPSA) is 66.9 Å². The van der Waals surface area contributed by atoms with E-state index in [4.69, 9.17) is 0 Å². The molecule has 1 amide bonds. The van der Waals surface area contributed by atoms with Crippen molar-refractivity contribution in [2.24, 2.45) is 0 Å².